The van der Waals surface area contributed by atoms with Crippen LogP contribution >= 0.6 is 0 Å². The van der Waals surface area contributed by atoms with Crippen LogP contribution in [0.3, 0.4) is 0 Å². The van der Waals surface area contributed by atoms with Gasteiger partial charge < -0.3 is 35.1 Å². The molecule has 2 aliphatic heterocycles. The third kappa shape index (κ3) is 12.1. The molecule has 2 heterocycles. The molecule has 2 aliphatic rings. The first-order chi connectivity index (χ1) is 19.6. The van der Waals surface area contributed by atoms with E-state index in [1.807, 2.05) is 81.4 Å². The highest BCUT2D eigenvalue weighted by Gasteiger charge is 2.26. The molecule has 2 aromatic carbocycles. The minimum Gasteiger partial charge on any atom is -0.445 e. The summed E-state index contributed by atoms with van der Waals surface area (Å²) in [6, 6.07) is 19.5. The van der Waals surface area contributed by atoms with E-state index in [-0.39, 0.29) is 30.9 Å². The fourth-order valence-corrected chi connectivity index (χ4v) is 4.38. The monoisotopic (exact) mass is 568 g/mol. The molecule has 2 saturated heterocycles. The summed E-state index contributed by atoms with van der Waals surface area (Å²) in [5.74, 6) is 0. The number of benzene rings is 2. The van der Waals surface area contributed by atoms with Crippen molar-refractivity contribution in [1.82, 2.24) is 15.1 Å². The third-order valence-electron chi connectivity index (χ3n) is 6.68. The van der Waals surface area contributed by atoms with Crippen molar-refractivity contribution in [2.45, 2.75) is 77.4 Å². The molecule has 10 nitrogen and oxygen atoms in total. The summed E-state index contributed by atoms with van der Waals surface area (Å²) in [6.45, 7) is 8.64. The average Bonchev–Trinajstić information content (AvgIpc) is 2.96. The highest BCUT2D eigenvalue weighted by atomic mass is 16.6. The second-order valence-electron chi connectivity index (χ2n) is 11.3. The maximum absolute atomic E-state index is 12.1. The van der Waals surface area contributed by atoms with Crippen molar-refractivity contribution in [3.8, 4) is 0 Å². The Hall–Kier alpha value is -3.79. The first kappa shape index (κ1) is 31.7. The van der Waals surface area contributed by atoms with Crippen LogP contribution in [-0.2, 0) is 27.4 Å². The van der Waals surface area contributed by atoms with Gasteiger partial charge in [-0.1, -0.05) is 60.7 Å². The zero-order valence-corrected chi connectivity index (χ0v) is 24.4. The number of nitrogens with two attached hydrogens (primary N) is 1. The summed E-state index contributed by atoms with van der Waals surface area (Å²) < 4.78 is 15.8. The van der Waals surface area contributed by atoms with Gasteiger partial charge >= 0.3 is 18.3 Å². The lowest BCUT2D eigenvalue weighted by Gasteiger charge is -2.32. The van der Waals surface area contributed by atoms with Crippen LogP contribution in [0.4, 0.5) is 14.4 Å². The third-order valence-corrected chi connectivity index (χ3v) is 6.68. The van der Waals surface area contributed by atoms with Crippen molar-refractivity contribution in [2.75, 3.05) is 26.2 Å². The van der Waals surface area contributed by atoms with E-state index in [0.717, 1.165) is 24.0 Å². The van der Waals surface area contributed by atoms with E-state index in [9.17, 15) is 14.4 Å². The number of nitrogens with one attached hydrogen (secondary N) is 1. The van der Waals surface area contributed by atoms with E-state index in [1.54, 1.807) is 9.80 Å². The molecule has 3 amide bonds. The Bertz CT molecular complexity index is 1080. The standard InChI is InChI=1S/C18H26N2O4.C13H18N2O2/c1-18(2,3)24-16(21)19-15-9-11-20(12-10-15)17(22)23-13-14-7-5-4-6-8-14;14-12-6-8-15(9-7-12)13(16)17-10-11-4-2-1-3-5-11/h4-8,15H,9-13H2,1-3H3,(H,19,21);1-5,12H,6-10,14H2. The second-order valence-corrected chi connectivity index (χ2v) is 11.3. The van der Waals surface area contributed by atoms with Gasteiger partial charge in [0.15, 0.2) is 0 Å². The van der Waals surface area contributed by atoms with Gasteiger partial charge in [-0.15, -0.1) is 0 Å². The SMILES string of the molecule is CC(C)(C)OC(=O)NC1CCN(C(=O)OCc2ccccc2)CC1.NC1CCN(C(=O)OCc2ccccc2)CC1. The molecule has 0 spiro atoms. The minimum absolute atomic E-state index is 0.0259. The Morgan fingerprint density at radius 1 is 0.756 bits per heavy atom. The molecule has 41 heavy (non-hydrogen) atoms. The molecule has 2 aromatic rings. The summed E-state index contributed by atoms with van der Waals surface area (Å²) in [5, 5.41) is 2.85. The molecule has 4 rings (SSSR count). The quantitative estimate of drug-likeness (QED) is 0.483. The molecule has 0 saturated carbocycles. The van der Waals surface area contributed by atoms with Gasteiger partial charge in [-0.3, -0.25) is 0 Å². The number of likely N-dealkylation sites (tertiary alicyclic amines) is 2. The molecule has 10 heteroatoms. The summed E-state index contributed by atoms with van der Waals surface area (Å²) in [4.78, 5) is 39.0. The minimum atomic E-state index is -0.508. The second kappa shape index (κ2) is 15.9. The summed E-state index contributed by atoms with van der Waals surface area (Å²) in [5.41, 5.74) is 7.25. The van der Waals surface area contributed by atoms with Crippen LogP contribution in [0.15, 0.2) is 60.7 Å². The molecular formula is C31H44N4O6. The normalized spacial score (nSPS) is 16.2. The molecule has 0 atom stereocenters. The van der Waals surface area contributed by atoms with E-state index in [1.165, 1.54) is 0 Å². The maximum atomic E-state index is 12.1. The Morgan fingerprint density at radius 3 is 1.59 bits per heavy atom. The van der Waals surface area contributed by atoms with Crippen molar-refractivity contribution >= 4 is 18.3 Å². The number of carbonyl (C=O) groups excluding carboxylic acids is 3. The van der Waals surface area contributed by atoms with Gasteiger partial charge in [0, 0.05) is 38.3 Å². The number of amides is 3. The molecule has 0 aliphatic carbocycles. The predicted octanol–water partition coefficient (Wildman–Crippen LogP) is 5.06. The summed E-state index contributed by atoms with van der Waals surface area (Å²) in [7, 11) is 0. The number of alkyl carbamates (subject to hydrolysis) is 1. The van der Waals surface area contributed by atoms with E-state index in [2.05, 4.69) is 5.32 Å². The van der Waals surface area contributed by atoms with Crippen LogP contribution in [-0.4, -0.2) is 71.9 Å². The van der Waals surface area contributed by atoms with Crippen LogP contribution in [0, 0.1) is 0 Å². The fraction of sp³-hybridized carbons (Fsp3) is 0.516. The van der Waals surface area contributed by atoms with Crippen molar-refractivity contribution < 1.29 is 28.6 Å². The van der Waals surface area contributed by atoms with Crippen LogP contribution in [0.25, 0.3) is 0 Å². The Morgan fingerprint density at radius 2 is 1.17 bits per heavy atom. The van der Waals surface area contributed by atoms with Crippen LogP contribution in [0.1, 0.15) is 57.6 Å². The zero-order valence-electron chi connectivity index (χ0n) is 24.4. The first-order valence-corrected chi connectivity index (χ1v) is 14.3. The lowest BCUT2D eigenvalue weighted by Crippen LogP contribution is -2.47. The highest BCUT2D eigenvalue weighted by molar-refractivity contribution is 5.69. The van der Waals surface area contributed by atoms with Gasteiger partial charge in [0.05, 0.1) is 0 Å². The molecule has 2 fully saturated rings. The number of nitrogens with zero attached hydrogens (tertiary/aromatic N) is 2. The Balaban J connectivity index is 0.000000239. The lowest BCUT2D eigenvalue weighted by molar-refractivity contribution is 0.0471. The number of rotatable bonds is 5. The van der Waals surface area contributed by atoms with Crippen molar-refractivity contribution in [3.63, 3.8) is 0 Å². The highest BCUT2D eigenvalue weighted by Crippen LogP contribution is 2.14. The molecule has 224 valence electrons. The van der Waals surface area contributed by atoms with Gasteiger partial charge in [0.1, 0.15) is 18.8 Å². The number of hydrogen-bond donors (Lipinski definition) is 2. The van der Waals surface area contributed by atoms with E-state index in [0.29, 0.717) is 45.6 Å². The molecule has 0 bridgehead atoms. The molecule has 0 aromatic heterocycles. The number of ether oxygens (including phenoxy) is 3. The van der Waals surface area contributed by atoms with Gasteiger partial charge in [-0.2, -0.15) is 0 Å². The number of carbonyl (C=O) groups is 3. The largest absolute Gasteiger partial charge is 0.445 e. The van der Waals surface area contributed by atoms with Crippen molar-refractivity contribution in [1.29, 1.82) is 0 Å². The van der Waals surface area contributed by atoms with E-state index >= 15 is 0 Å². The van der Waals surface area contributed by atoms with Crippen LogP contribution < -0.4 is 11.1 Å². The maximum Gasteiger partial charge on any atom is 0.410 e. The van der Waals surface area contributed by atoms with E-state index < -0.39 is 11.7 Å². The zero-order chi connectivity index (χ0) is 29.7. The first-order valence-electron chi connectivity index (χ1n) is 14.3. The topological polar surface area (TPSA) is 123 Å². The smallest absolute Gasteiger partial charge is 0.410 e. The molecule has 0 radical (unpaired) electrons. The number of hydrogen-bond acceptors (Lipinski definition) is 7. The summed E-state index contributed by atoms with van der Waals surface area (Å²) >= 11 is 0. The average molecular weight is 569 g/mol. The van der Waals surface area contributed by atoms with Gasteiger partial charge in [-0.05, 0) is 57.6 Å². The fourth-order valence-electron chi connectivity index (χ4n) is 4.38. The number of piperidine rings is 2. The van der Waals surface area contributed by atoms with Gasteiger partial charge in [0.2, 0.25) is 0 Å². The van der Waals surface area contributed by atoms with Crippen molar-refractivity contribution in [3.05, 3.63) is 71.8 Å². The van der Waals surface area contributed by atoms with Crippen LogP contribution in [0.5, 0.6) is 0 Å². The van der Waals surface area contributed by atoms with Gasteiger partial charge in [-0.25, -0.2) is 14.4 Å². The van der Waals surface area contributed by atoms with Crippen LogP contribution in [0.2, 0.25) is 0 Å². The van der Waals surface area contributed by atoms with Gasteiger partial charge in [0.25, 0.3) is 0 Å². The Labute approximate surface area is 243 Å². The lowest BCUT2D eigenvalue weighted by atomic mass is 10.1. The molecule has 3 N–H and O–H groups in total. The van der Waals surface area contributed by atoms with Crippen molar-refractivity contribution in [2.24, 2.45) is 5.73 Å². The Kier molecular flexibility index (Phi) is 12.3. The predicted molar refractivity (Wildman–Crippen MR) is 156 cm³/mol. The molecular weight excluding hydrogens is 524 g/mol. The molecule has 0 unspecified atom stereocenters. The van der Waals surface area contributed by atoms with E-state index in [4.69, 9.17) is 19.9 Å². The summed E-state index contributed by atoms with van der Waals surface area (Å²) in [6.07, 6.45) is 2.16.